The molecule has 2 aromatic rings. The van der Waals surface area contributed by atoms with E-state index in [1.807, 2.05) is 12.1 Å². The van der Waals surface area contributed by atoms with Gasteiger partial charge in [0.25, 0.3) is 0 Å². The Kier molecular flexibility index (Phi) is 6.74. The fourth-order valence-electron chi connectivity index (χ4n) is 2.04. The van der Waals surface area contributed by atoms with E-state index in [1.165, 1.54) is 11.1 Å². The topological polar surface area (TPSA) is 21.3 Å². The van der Waals surface area contributed by atoms with Crippen LogP contribution < -0.4 is 10.1 Å². The number of rotatable bonds is 8. The van der Waals surface area contributed by atoms with Crippen molar-refractivity contribution in [3.05, 3.63) is 50.6 Å². The zero-order chi connectivity index (χ0) is 15.1. The van der Waals surface area contributed by atoms with Crippen LogP contribution in [-0.4, -0.2) is 13.2 Å². The molecule has 1 heterocycles. The highest BCUT2D eigenvalue weighted by atomic mass is 79.9. The van der Waals surface area contributed by atoms with Crippen LogP contribution in [0.3, 0.4) is 0 Å². The van der Waals surface area contributed by atoms with E-state index in [9.17, 15) is 0 Å². The summed E-state index contributed by atoms with van der Waals surface area (Å²) in [5.41, 5.74) is 2.55. The van der Waals surface area contributed by atoms with Gasteiger partial charge in [-0.1, -0.05) is 29.8 Å². The fraction of sp³-hybridized carbons (Fsp3) is 0.412. The monoisotopic (exact) mass is 367 g/mol. The Labute approximate surface area is 139 Å². The van der Waals surface area contributed by atoms with Crippen molar-refractivity contribution >= 4 is 27.3 Å². The van der Waals surface area contributed by atoms with Crippen molar-refractivity contribution in [3.63, 3.8) is 0 Å². The minimum atomic E-state index is 0.653. The van der Waals surface area contributed by atoms with Crippen molar-refractivity contribution in [1.82, 2.24) is 5.32 Å². The summed E-state index contributed by atoms with van der Waals surface area (Å²) in [4.78, 5) is 0. The molecule has 0 spiro atoms. The summed E-state index contributed by atoms with van der Waals surface area (Å²) in [6, 6.07) is 8.37. The third kappa shape index (κ3) is 5.81. The molecule has 0 fully saturated rings. The van der Waals surface area contributed by atoms with Crippen LogP contribution in [0.2, 0.25) is 0 Å². The van der Waals surface area contributed by atoms with Crippen LogP contribution in [-0.2, 0) is 13.0 Å². The molecule has 0 saturated heterocycles. The van der Waals surface area contributed by atoms with Crippen molar-refractivity contribution in [2.24, 2.45) is 5.92 Å². The maximum atomic E-state index is 5.97. The lowest BCUT2D eigenvalue weighted by Crippen LogP contribution is -2.19. The molecule has 2 nitrogen and oxygen atoms in total. The first kappa shape index (κ1) is 16.5. The highest BCUT2D eigenvalue weighted by molar-refractivity contribution is 9.10. The van der Waals surface area contributed by atoms with Gasteiger partial charge in [0.05, 0.1) is 6.61 Å². The number of halogens is 1. The summed E-state index contributed by atoms with van der Waals surface area (Å²) in [5, 5.41) is 7.76. The van der Waals surface area contributed by atoms with Crippen molar-refractivity contribution in [2.75, 3.05) is 13.2 Å². The Morgan fingerprint density at radius 3 is 2.86 bits per heavy atom. The Balaban J connectivity index is 1.90. The number of thiophene rings is 1. The number of hydrogen-bond acceptors (Lipinski definition) is 3. The number of nitrogens with one attached hydrogen (secondary N) is 1. The Hall–Kier alpha value is -0.840. The first-order valence-corrected chi connectivity index (χ1v) is 9.01. The van der Waals surface area contributed by atoms with Crippen LogP contribution in [0.1, 0.15) is 25.0 Å². The molecule has 0 aliphatic carbocycles. The smallest absolute Gasteiger partial charge is 0.123 e. The van der Waals surface area contributed by atoms with Gasteiger partial charge in [-0.25, -0.2) is 0 Å². The maximum Gasteiger partial charge on any atom is 0.123 e. The van der Waals surface area contributed by atoms with E-state index in [0.717, 1.165) is 36.3 Å². The van der Waals surface area contributed by atoms with Crippen molar-refractivity contribution in [3.8, 4) is 5.75 Å². The van der Waals surface area contributed by atoms with Crippen LogP contribution in [0.25, 0.3) is 0 Å². The normalized spacial score (nSPS) is 11.0. The molecule has 0 saturated carbocycles. The minimum absolute atomic E-state index is 0.653. The molecule has 0 bridgehead atoms. The van der Waals surface area contributed by atoms with Crippen LogP contribution in [0.4, 0.5) is 0 Å². The average Bonchev–Trinajstić information content (AvgIpc) is 2.94. The minimum Gasteiger partial charge on any atom is -0.493 e. The molecule has 1 aromatic heterocycles. The molecule has 0 amide bonds. The van der Waals surface area contributed by atoms with E-state index < -0.39 is 0 Å². The molecule has 0 aliphatic heterocycles. The molecule has 2 rings (SSSR count). The highest BCUT2D eigenvalue weighted by Crippen LogP contribution is 2.23. The van der Waals surface area contributed by atoms with Gasteiger partial charge >= 0.3 is 0 Å². The predicted octanol–water partition coefficient (Wildman–Crippen LogP) is 4.88. The van der Waals surface area contributed by atoms with E-state index in [4.69, 9.17) is 4.74 Å². The van der Waals surface area contributed by atoms with Crippen LogP contribution in [0, 0.1) is 5.92 Å². The van der Waals surface area contributed by atoms with Gasteiger partial charge < -0.3 is 10.1 Å². The van der Waals surface area contributed by atoms with E-state index in [1.54, 1.807) is 11.3 Å². The zero-order valence-corrected chi connectivity index (χ0v) is 15.0. The summed E-state index contributed by atoms with van der Waals surface area (Å²) in [6.45, 7) is 7.00. The quantitative estimate of drug-likeness (QED) is 0.717. The van der Waals surface area contributed by atoms with Crippen LogP contribution in [0.5, 0.6) is 5.75 Å². The summed E-state index contributed by atoms with van der Waals surface area (Å²) >= 11 is 5.27. The maximum absolute atomic E-state index is 5.97. The van der Waals surface area contributed by atoms with Gasteiger partial charge in [0.2, 0.25) is 0 Å². The fourth-order valence-corrected chi connectivity index (χ4v) is 3.15. The lowest BCUT2D eigenvalue weighted by atomic mass is 10.1. The van der Waals surface area contributed by atoms with E-state index in [2.05, 4.69) is 58.0 Å². The molecular weight excluding hydrogens is 346 g/mol. The number of hydrogen-bond donors (Lipinski definition) is 1. The molecule has 114 valence electrons. The van der Waals surface area contributed by atoms with Crippen molar-refractivity contribution in [2.45, 2.75) is 26.8 Å². The van der Waals surface area contributed by atoms with Gasteiger partial charge in [-0.05, 0) is 53.1 Å². The Morgan fingerprint density at radius 1 is 1.29 bits per heavy atom. The second kappa shape index (κ2) is 8.57. The van der Waals surface area contributed by atoms with E-state index >= 15 is 0 Å². The first-order valence-electron chi connectivity index (χ1n) is 7.28. The molecule has 1 aromatic carbocycles. The molecule has 21 heavy (non-hydrogen) atoms. The van der Waals surface area contributed by atoms with Crippen LogP contribution >= 0.6 is 27.3 Å². The molecular formula is C17H22BrNOS. The summed E-state index contributed by atoms with van der Waals surface area (Å²) in [5.74, 6) is 1.63. The summed E-state index contributed by atoms with van der Waals surface area (Å²) in [7, 11) is 0. The van der Waals surface area contributed by atoms with E-state index in [-0.39, 0.29) is 0 Å². The number of ether oxygens (including phenoxy) is 1. The van der Waals surface area contributed by atoms with Gasteiger partial charge in [0.1, 0.15) is 5.75 Å². The molecule has 0 unspecified atom stereocenters. The van der Waals surface area contributed by atoms with Gasteiger partial charge in [-0.2, -0.15) is 11.3 Å². The predicted molar refractivity (Wildman–Crippen MR) is 94.2 cm³/mol. The van der Waals surface area contributed by atoms with Gasteiger partial charge in [0.15, 0.2) is 0 Å². The lowest BCUT2D eigenvalue weighted by molar-refractivity contribution is 0.317. The van der Waals surface area contributed by atoms with Crippen molar-refractivity contribution < 1.29 is 4.74 Å². The van der Waals surface area contributed by atoms with Crippen molar-refractivity contribution in [1.29, 1.82) is 0 Å². The first-order chi connectivity index (χ1) is 10.1. The average molecular weight is 368 g/mol. The molecule has 0 aliphatic rings. The van der Waals surface area contributed by atoms with Gasteiger partial charge in [0, 0.05) is 23.0 Å². The zero-order valence-electron chi connectivity index (χ0n) is 12.6. The number of benzene rings is 1. The van der Waals surface area contributed by atoms with Gasteiger partial charge in [-0.3, -0.25) is 0 Å². The molecule has 0 radical (unpaired) electrons. The standard InChI is InChI=1S/C17H22BrNOS/c1-13(2)10-19-11-15-9-16(18)3-4-17(15)20-7-5-14-6-8-21-12-14/h3-4,6,8-9,12-13,19H,5,7,10-11H2,1-2H3. The summed E-state index contributed by atoms with van der Waals surface area (Å²) < 4.78 is 7.06. The lowest BCUT2D eigenvalue weighted by Gasteiger charge is -2.13. The highest BCUT2D eigenvalue weighted by Gasteiger charge is 2.05. The summed E-state index contributed by atoms with van der Waals surface area (Å²) in [6.07, 6.45) is 0.957. The van der Waals surface area contributed by atoms with Crippen LogP contribution in [0.15, 0.2) is 39.5 Å². The third-order valence-electron chi connectivity index (χ3n) is 3.12. The second-order valence-corrected chi connectivity index (χ2v) is 7.20. The third-order valence-corrected chi connectivity index (χ3v) is 4.34. The van der Waals surface area contributed by atoms with Gasteiger partial charge in [-0.15, -0.1) is 0 Å². The Bertz CT molecular complexity index is 540. The molecule has 4 heteroatoms. The largest absolute Gasteiger partial charge is 0.493 e. The molecule has 0 atom stereocenters. The Morgan fingerprint density at radius 2 is 2.14 bits per heavy atom. The SMILES string of the molecule is CC(C)CNCc1cc(Br)ccc1OCCc1ccsc1. The molecule has 1 N–H and O–H groups in total. The van der Waals surface area contributed by atoms with E-state index in [0.29, 0.717) is 5.92 Å². The second-order valence-electron chi connectivity index (χ2n) is 5.51.